The fourth-order valence-electron chi connectivity index (χ4n) is 3.25. The molecule has 6 nitrogen and oxygen atoms in total. The minimum Gasteiger partial charge on any atom is -0.479 e. The third-order valence-electron chi connectivity index (χ3n) is 4.56. The standard InChI is InChI=1S/C15H26N2O4/c1-3-8-17-9-6-11(7-10-17)16(2)14(18)12-4-5-13(21-12)15(19)20/h11-13H,3-10H2,1-2H3,(H,19,20)/t12-,13+/m0/s1. The quantitative estimate of drug-likeness (QED) is 0.818. The van der Waals surface area contributed by atoms with E-state index >= 15 is 0 Å². The van der Waals surface area contributed by atoms with Gasteiger partial charge in [0.15, 0.2) is 6.10 Å². The van der Waals surface area contributed by atoms with Gasteiger partial charge in [-0.1, -0.05) is 6.92 Å². The predicted molar refractivity (Wildman–Crippen MR) is 78.1 cm³/mol. The van der Waals surface area contributed by atoms with Crippen molar-refractivity contribution in [3.05, 3.63) is 0 Å². The van der Waals surface area contributed by atoms with E-state index in [0.717, 1.165) is 38.9 Å². The molecular weight excluding hydrogens is 272 g/mol. The van der Waals surface area contributed by atoms with Gasteiger partial charge in [0, 0.05) is 26.2 Å². The molecule has 2 heterocycles. The van der Waals surface area contributed by atoms with Gasteiger partial charge in [0.1, 0.15) is 6.10 Å². The van der Waals surface area contributed by atoms with E-state index in [1.165, 1.54) is 0 Å². The Kier molecular flexibility index (Phi) is 5.58. The van der Waals surface area contributed by atoms with Gasteiger partial charge in [-0.2, -0.15) is 0 Å². The molecule has 21 heavy (non-hydrogen) atoms. The number of carboxylic acid groups (broad SMARTS) is 1. The van der Waals surface area contributed by atoms with Crippen molar-refractivity contribution in [1.82, 2.24) is 9.80 Å². The fraction of sp³-hybridized carbons (Fsp3) is 0.867. The summed E-state index contributed by atoms with van der Waals surface area (Å²) in [4.78, 5) is 27.5. The Labute approximate surface area is 126 Å². The maximum absolute atomic E-state index is 12.4. The summed E-state index contributed by atoms with van der Waals surface area (Å²) in [5.41, 5.74) is 0. The Morgan fingerprint density at radius 1 is 1.19 bits per heavy atom. The van der Waals surface area contributed by atoms with Crippen LogP contribution in [0.3, 0.4) is 0 Å². The minimum atomic E-state index is -0.971. The lowest BCUT2D eigenvalue weighted by atomic mass is 10.0. The molecule has 0 aromatic carbocycles. The highest BCUT2D eigenvalue weighted by molar-refractivity contribution is 5.82. The second-order valence-corrected chi connectivity index (χ2v) is 6.05. The molecule has 0 aromatic rings. The van der Waals surface area contributed by atoms with Gasteiger partial charge in [0.25, 0.3) is 5.91 Å². The van der Waals surface area contributed by atoms with E-state index in [9.17, 15) is 9.59 Å². The number of amides is 1. The number of hydrogen-bond acceptors (Lipinski definition) is 4. The predicted octanol–water partition coefficient (Wildman–Crippen LogP) is 0.951. The van der Waals surface area contributed by atoms with Gasteiger partial charge in [-0.25, -0.2) is 4.79 Å². The van der Waals surface area contributed by atoms with Crippen molar-refractivity contribution in [1.29, 1.82) is 0 Å². The Bertz CT molecular complexity index is 380. The number of carbonyl (C=O) groups excluding carboxylic acids is 1. The van der Waals surface area contributed by atoms with Crippen molar-refractivity contribution in [3.8, 4) is 0 Å². The highest BCUT2D eigenvalue weighted by Crippen LogP contribution is 2.24. The van der Waals surface area contributed by atoms with Crippen molar-refractivity contribution >= 4 is 11.9 Å². The molecule has 0 saturated carbocycles. The summed E-state index contributed by atoms with van der Waals surface area (Å²) in [6.07, 6.45) is 2.66. The number of rotatable bonds is 5. The molecule has 0 bridgehead atoms. The van der Waals surface area contributed by atoms with Crippen molar-refractivity contribution in [3.63, 3.8) is 0 Å². The normalized spacial score (nSPS) is 27.7. The molecule has 0 spiro atoms. The number of ether oxygens (including phenoxy) is 1. The second-order valence-electron chi connectivity index (χ2n) is 6.05. The highest BCUT2D eigenvalue weighted by atomic mass is 16.5. The van der Waals surface area contributed by atoms with Gasteiger partial charge in [-0.15, -0.1) is 0 Å². The lowest BCUT2D eigenvalue weighted by Crippen LogP contribution is -2.48. The third kappa shape index (κ3) is 3.95. The number of carbonyl (C=O) groups is 2. The van der Waals surface area contributed by atoms with E-state index in [1.54, 1.807) is 4.90 Å². The van der Waals surface area contributed by atoms with E-state index in [4.69, 9.17) is 9.84 Å². The molecule has 120 valence electrons. The average molecular weight is 298 g/mol. The van der Waals surface area contributed by atoms with Crippen LogP contribution < -0.4 is 0 Å². The molecule has 0 aromatic heterocycles. The van der Waals surface area contributed by atoms with Gasteiger partial charge in [0.2, 0.25) is 0 Å². The number of likely N-dealkylation sites (N-methyl/N-ethyl adjacent to an activating group) is 1. The molecule has 0 unspecified atom stereocenters. The maximum Gasteiger partial charge on any atom is 0.332 e. The zero-order chi connectivity index (χ0) is 15.4. The smallest absolute Gasteiger partial charge is 0.332 e. The monoisotopic (exact) mass is 298 g/mol. The fourth-order valence-corrected chi connectivity index (χ4v) is 3.25. The minimum absolute atomic E-state index is 0.0623. The van der Waals surface area contributed by atoms with Crippen LogP contribution in [0.2, 0.25) is 0 Å². The Balaban J connectivity index is 1.82. The Hall–Kier alpha value is -1.14. The summed E-state index contributed by atoms with van der Waals surface area (Å²) in [5, 5.41) is 8.92. The lowest BCUT2D eigenvalue weighted by Gasteiger charge is -2.37. The topological polar surface area (TPSA) is 70.1 Å². The van der Waals surface area contributed by atoms with Crippen LogP contribution in [0.5, 0.6) is 0 Å². The van der Waals surface area contributed by atoms with Crippen molar-refractivity contribution in [2.45, 2.75) is 57.3 Å². The van der Waals surface area contributed by atoms with E-state index < -0.39 is 18.2 Å². The molecule has 0 radical (unpaired) electrons. The first-order chi connectivity index (χ1) is 10.0. The number of carboxylic acids is 1. The van der Waals surface area contributed by atoms with Crippen LogP contribution in [0.1, 0.15) is 39.0 Å². The van der Waals surface area contributed by atoms with Crippen LogP contribution in [-0.4, -0.2) is 71.7 Å². The highest BCUT2D eigenvalue weighted by Gasteiger charge is 2.37. The van der Waals surface area contributed by atoms with Gasteiger partial charge in [-0.05, 0) is 38.6 Å². The van der Waals surface area contributed by atoms with Crippen LogP contribution in [0.25, 0.3) is 0 Å². The summed E-state index contributed by atoms with van der Waals surface area (Å²) in [7, 11) is 1.82. The largest absolute Gasteiger partial charge is 0.479 e. The number of hydrogen-bond donors (Lipinski definition) is 1. The molecular formula is C15H26N2O4. The van der Waals surface area contributed by atoms with Crippen LogP contribution in [0.4, 0.5) is 0 Å². The molecule has 6 heteroatoms. The van der Waals surface area contributed by atoms with Crippen molar-refractivity contribution < 1.29 is 19.4 Å². The SMILES string of the molecule is CCCN1CCC(N(C)C(=O)[C@@H]2CC[C@H](C(=O)O)O2)CC1. The first-order valence-electron chi connectivity index (χ1n) is 7.90. The molecule has 2 atom stereocenters. The third-order valence-corrected chi connectivity index (χ3v) is 4.56. The van der Waals surface area contributed by atoms with E-state index in [0.29, 0.717) is 12.8 Å². The molecule has 2 aliphatic rings. The molecule has 2 fully saturated rings. The first-order valence-corrected chi connectivity index (χ1v) is 7.90. The van der Waals surface area contributed by atoms with Gasteiger partial charge < -0.3 is 19.6 Å². The summed E-state index contributed by atoms with van der Waals surface area (Å²) < 4.78 is 5.36. The zero-order valence-corrected chi connectivity index (χ0v) is 13.0. The van der Waals surface area contributed by atoms with Crippen LogP contribution in [0.15, 0.2) is 0 Å². The Morgan fingerprint density at radius 2 is 1.81 bits per heavy atom. The van der Waals surface area contributed by atoms with E-state index in [1.807, 2.05) is 7.05 Å². The molecule has 0 aliphatic carbocycles. The maximum atomic E-state index is 12.4. The molecule has 2 aliphatic heterocycles. The molecule has 2 saturated heterocycles. The molecule has 1 amide bonds. The second kappa shape index (κ2) is 7.22. The number of likely N-dealkylation sites (tertiary alicyclic amines) is 1. The van der Waals surface area contributed by atoms with Crippen molar-refractivity contribution in [2.24, 2.45) is 0 Å². The summed E-state index contributed by atoms with van der Waals surface area (Å²) in [6.45, 7) is 5.35. The van der Waals surface area contributed by atoms with Crippen LogP contribution in [0, 0.1) is 0 Å². The van der Waals surface area contributed by atoms with Gasteiger partial charge >= 0.3 is 5.97 Å². The lowest BCUT2D eigenvalue weighted by molar-refractivity contribution is -0.155. The first kappa shape index (κ1) is 16.2. The molecule has 2 rings (SSSR count). The summed E-state index contributed by atoms with van der Waals surface area (Å²) in [6, 6.07) is 0.248. The summed E-state index contributed by atoms with van der Waals surface area (Å²) in [5.74, 6) is -1.03. The van der Waals surface area contributed by atoms with Gasteiger partial charge in [0.05, 0.1) is 0 Å². The Morgan fingerprint density at radius 3 is 2.33 bits per heavy atom. The van der Waals surface area contributed by atoms with E-state index in [2.05, 4.69) is 11.8 Å². The summed E-state index contributed by atoms with van der Waals surface area (Å²) >= 11 is 0. The number of nitrogens with zero attached hydrogens (tertiary/aromatic N) is 2. The average Bonchev–Trinajstić information content (AvgIpc) is 2.97. The zero-order valence-electron chi connectivity index (χ0n) is 13.0. The molecule has 1 N–H and O–H groups in total. The van der Waals surface area contributed by atoms with Crippen LogP contribution in [-0.2, 0) is 14.3 Å². The van der Waals surface area contributed by atoms with E-state index in [-0.39, 0.29) is 11.9 Å². The van der Waals surface area contributed by atoms with Crippen LogP contribution >= 0.6 is 0 Å². The van der Waals surface area contributed by atoms with Gasteiger partial charge in [-0.3, -0.25) is 4.79 Å². The number of piperidine rings is 1. The van der Waals surface area contributed by atoms with Crippen molar-refractivity contribution in [2.75, 3.05) is 26.7 Å². The number of aliphatic carboxylic acids is 1.